The topological polar surface area (TPSA) is 29.5 Å². The van der Waals surface area contributed by atoms with Crippen LogP contribution in [0.1, 0.15) is 44.9 Å². The molecule has 2 aliphatic rings. The summed E-state index contributed by atoms with van der Waals surface area (Å²) in [5.74, 6) is 1.29. The molecule has 1 N–H and O–H groups in total. The minimum Gasteiger partial charge on any atom is -0.393 e. The van der Waals surface area contributed by atoms with Crippen molar-refractivity contribution in [3.63, 3.8) is 0 Å². The average molecular weight is 198 g/mol. The zero-order valence-corrected chi connectivity index (χ0v) is 8.95. The van der Waals surface area contributed by atoms with Crippen LogP contribution in [0.5, 0.6) is 0 Å². The lowest BCUT2D eigenvalue weighted by Gasteiger charge is -2.32. The molecular weight excluding hydrogens is 176 g/mol. The summed E-state index contributed by atoms with van der Waals surface area (Å²) in [4.78, 5) is 0. The Morgan fingerprint density at radius 3 is 2.57 bits per heavy atom. The van der Waals surface area contributed by atoms with E-state index < -0.39 is 0 Å². The first-order valence-corrected chi connectivity index (χ1v) is 6.12. The van der Waals surface area contributed by atoms with Crippen LogP contribution in [0.25, 0.3) is 0 Å². The summed E-state index contributed by atoms with van der Waals surface area (Å²) in [6, 6.07) is 0. The lowest BCUT2D eigenvalue weighted by Crippen LogP contribution is -2.33. The Morgan fingerprint density at radius 1 is 1.07 bits per heavy atom. The lowest BCUT2D eigenvalue weighted by molar-refractivity contribution is -0.0451. The summed E-state index contributed by atoms with van der Waals surface area (Å²) >= 11 is 0. The third kappa shape index (κ3) is 2.71. The number of hydrogen-bond acceptors (Lipinski definition) is 2. The molecule has 0 aromatic carbocycles. The number of aliphatic hydroxyl groups is 1. The maximum atomic E-state index is 9.82. The molecule has 2 fully saturated rings. The van der Waals surface area contributed by atoms with Gasteiger partial charge in [0.05, 0.1) is 12.7 Å². The highest BCUT2D eigenvalue weighted by molar-refractivity contribution is 4.77. The lowest BCUT2D eigenvalue weighted by atomic mass is 9.80. The summed E-state index contributed by atoms with van der Waals surface area (Å²) in [5.41, 5.74) is 0. The third-order valence-corrected chi connectivity index (χ3v) is 3.79. The molecule has 2 atom stereocenters. The first-order chi connectivity index (χ1) is 6.86. The van der Waals surface area contributed by atoms with Gasteiger partial charge in [-0.2, -0.15) is 0 Å². The molecule has 2 heteroatoms. The van der Waals surface area contributed by atoms with Crippen LogP contribution in [0, 0.1) is 11.8 Å². The second-order valence-electron chi connectivity index (χ2n) is 4.93. The number of ether oxygens (including phenoxy) is 1. The van der Waals surface area contributed by atoms with Gasteiger partial charge in [0.2, 0.25) is 0 Å². The maximum Gasteiger partial charge on any atom is 0.0612 e. The normalized spacial score (nSPS) is 35.8. The molecule has 82 valence electrons. The second-order valence-corrected chi connectivity index (χ2v) is 4.93. The van der Waals surface area contributed by atoms with Gasteiger partial charge in [0, 0.05) is 12.5 Å². The summed E-state index contributed by atoms with van der Waals surface area (Å²) in [7, 11) is 0. The van der Waals surface area contributed by atoms with Crippen molar-refractivity contribution in [2.75, 3.05) is 13.2 Å². The highest BCUT2D eigenvalue weighted by Crippen LogP contribution is 2.31. The molecule has 2 rings (SSSR count). The van der Waals surface area contributed by atoms with Gasteiger partial charge in [0.25, 0.3) is 0 Å². The van der Waals surface area contributed by atoms with E-state index in [4.69, 9.17) is 4.74 Å². The first-order valence-electron chi connectivity index (χ1n) is 6.12. The molecule has 0 amide bonds. The van der Waals surface area contributed by atoms with Gasteiger partial charge in [-0.25, -0.2) is 0 Å². The van der Waals surface area contributed by atoms with Crippen molar-refractivity contribution in [3.8, 4) is 0 Å². The highest BCUT2D eigenvalue weighted by Gasteiger charge is 2.27. The Bertz CT molecular complexity index is 164. The zero-order valence-electron chi connectivity index (χ0n) is 8.95. The van der Waals surface area contributed by atoms with Gasteiger partial charge >= 0.3 is 0 Å². The van der Waals surface area contributed by atoms with E-state index >= 15 is 0 Å². The van der Waals surface area contributed by atoms with Crippen LogP contribution in [0.15, 0.2) is 0 Å². The van der Waals surface area contributed by atoms with Crippen molar-refractivity contribution in [2.45, 2.75) is 51.0 Å². The van der Waals surface area contributed by atoms with Crippen LogP contribution in [0.3, 0.4) is 0 Å². The van der Waals surface area contributed by atoms with Crippen LogP contribution < -0.4 is 0 Å². The molecular formula is C12H22O2. The van der Waals surface area contributed by atoms with E-state index in [0.717, 1.165) is 25.6 Å². The van der Waals surface area contributed by atoms with Crippen molar-refractivity contribution in [1.29, 1.82) is 0 Å². The van der Waals surface area contributed by atoms with E-state index in [1.54, 1.807) is 0 Å². The molecule has 0 bridgehead atoms. The largest absolute Gasteiger partial charge is 0.393 e. The van der Waals surface area contributed by atoms with Crippen molar-refractivity contribution < 1.29 is 9.84 Å². The Morgan fingerprint density at radius 2 is 1.86 bits per heavy atom. The van der Waals surface area contributed by atoms with Crippen molar-refractivity contribution in [2.24, 2.45) is 11.8 Å². The molecule has 1 saturated heterocycles. The highest BCUT2D eigenvalue weighted by atomic mass is 16.5. The summed E-state index contributed by atoms with van der Waals surface area (Å²) in [6.45, 7) is 1.54. The second kappa shape index (κ2) is 5.13. The van der Waals surface area contributed by atoms with Gasteiger partial charge in [-0.15, -0.1) is 0 Å². The van der Waals surface area contributed by atoms with Gasteiger partial charge in [0.1, 0.15) is 0 Å². The van der Waals surface area contributed by atoms with Crippen molar-refractivity contribution in [3.05, 3.63) is 0 Å². The minimum absolute atomic E-state index is 0.0920. The van der Waals surface area contributed by atoms with Crippen molar-refractivity contribution >= 4 is 0 Å². The van der Waals surface area contributed by atoms with Gasteiger partial charge < -0.3 is 9.84 Å². The molecule has 1 aliphatic heterocycles. The van der Waals surface area contributed by atoms with E-state index in [0.29, 0.717) is 5.92 Å². The molecule has 2 unspecified atom stereocenters. The van der Waals surface area contributed by atoms with E-state index in [1.807, 2.05) is 0 Å². The number of rotatable bonds is 2. The molecule has 0 radical (unpaired) electrons. The number of aliphatic hydroxyl groups excluding tert-OH is 1. The molecule has 14 heavy (non-hydrogen) atoms. The van der Waals surface area contributed by atoms with Gasteiger partial charge in [-0.3, -0.25) is 0 Å². The molecule has 0 aromatic rings. The standard InChI is InChI=1S/C12H22O2/c13-12-6-7-14-9-11(12)8-10-4-2-1-3-5-10/h10-13H,1-9H2. The summed E-state index contributed by atoms with van der Waals surface area (Å²) < 4.78 is 5.43. The third-order valence-electron chi connectivity index (χ3n) is 3.79. The SMILES string of the molecule is OC1CCOCC1CC1CCCCC1. The quantitative estimate of drug-likeness (QED) is 0.738. The fraction of sp³-hybridized carbons (Fsp3) is 1.00. The Balaban J connectivity index is 1.76. The molecule has 1 aliphatic carbocycles. The van der Waals surface area contributed by atoms with E-state index in [9.17, 15) is 5.11 Å². The van der Waals surface area contributed by atoms with Gasteiger partial charge in [0.15, 0.2) is 0 Å². The van der Waals surface area contributed by atoms with Crippen LogP contribution in [0.2, 0.25) is 0 Å². The Kier molecular flexibility index (Phi) is 3.82. The zero-order chi connectivity index (χ0) is 9.80. The van der Waals surface area contributed by atoms with E-state index in [2.05, 4.69) is 0 Å². The fourth-order valence-corrected chi connectivity index (χ4v) is 2.86. The smallest absolute Gasteiger partial charge is 0.0612 e. The van der Waals surface area contributed by atoms with Crippen LogP contribution in [-0.4, -0.2) is 24.4 Å². The molecule has 0 spiro atoms. The van der Waals surface area contributed by atoms with E-state index in [-0.39, 0.29) is 6.10 Å². The van der Waals surface area contributed by atoms with Crippen LogP contribution >= 0.6 is 0 Å². The van der Waals surface area contributed by atoms with E-state index in [1.165, 1.54) is 38.5 Å². The predicted octanol–water partition coefficient (Wildman–Crippen LogP) is 2.35. The van der Waals surface area contributed by atoms with Crippen LogP contribution in [0.4, 0.5) is 0 Å². The monoisotopic (exact) mass is 198 g/mol. The molecule has 0 aromatic heterocycles. The number of hydrogen-bond donors (Lipinski definition) is 1. The van der Waals surface area contributed by atoms with Crippen LogP contribution in [-0.2, 0) is 4.74 Å². The fourth-order valence-electron chi connectivity index (χ4n) is 2.86. The predicted molar refractivity (Wildman–Crippen MR) is 56.1 cm³/mol. The summed E-state index contributed by atoms with van der Waals surface area (Å²) in [6.07, 6.45) is 8.92. The van der Waals surface area contributed by atoms with Crippen molar-refractivity contribution in [1.82, 2.24) is 0 Å². The first kappa shape index (κ1) is 10.4. The minimum atomic E-state index is -0.0920. The average Bonchev–Trinajstić information content (AvgIpc) is 2.23. The molecule has 1 heterocycles. The molecule has 1 saturated carbocycles. The Hall–Kier alpha value is -0.0800. The summed E-state index contributed by atoms with van der Waals surface area (Å²) in [5, 5.41) is 9.82. The van der Waals surface area contributed by atoms with Gasteiger partial charge in [-0.1, -0.05) is 32.1 Å². The maximum absolute atomic E-state index is 9.82. The molecule has 2 nitrogen and oxygen atoms in total. The Labute approximate surface area is 86.6 Å². The van der Waals surface area contributed by atoms with Gasteiger partial charge in [-0.05, 0) is 18.8 Å².